The molecule has 4 nitrogen and oxygen atoms in total. The Morgan fingerprint density at radius 2 is 1.96 bits per heavy atom. The van der Waals surface area contributed by atoms with E-state index >= 15 is 0 Å². The Hall–Kier alpha value is -1.25. The SMILES string of the molecule is Cc1ccc(Sc2ccccc2NCC(=O)NCCOI)c(C)c1. The highest BCUT2D eigenvalue weighted by Crippen LogP contribution is 2.35. The fourth-order valence-electron chi connectivity index (χ4n) is 2.20. The van der Waals surface area contributed by atoms with Crippen molar-refractivity contribution >= 4 is 46.4 Å². The molecule has 0 fully saturated rings. The van der Waals surface area contributed by atoms with Gasteiger partial charge >= 0.3 is 0 Å². The first-order valence-corrected chi connectivity index (χ1v) is 9.38. The van der Waals surface area contributed by atoms with Gasteiger partial charge in [0.2, 0.25) is 5.91 Å². The molecule has 0 unspecified atom stereocenters. The summed E-state index contributed by atoms with van der Waals surface area (Å²) >= 11 is 3.52. The molecule has 2 rings (SSSR count). The zero-order chi connectivity index (χ0) is 17.4. The van der Waals surface area contributed by atoms with Crippen LogP contribution >= 0.6 is 34.8 Å². The molecule has 0 aliphatic carbocycles. The second-order valence-corrected chi connectivity index (χ2v) is 7.09. The molecule has 0 saturated carbocycles. The molecule has 0 aliphatic heterocycles. The average molecular weight is 456 g/mol. The van der Waals surface area contributed by atoms with Crippen LogP contribution < -0.4 is 10.6 Å². The molecule has 1 amide bonds. The molecule has 24 heavy (non-hydrogen) atoms. The number of rotatable bonds is 8. The molecule has 2 aromatic rings. The molecule has 6 heteroatoms. The first-order valence-electron chi connectivity index (χ1n) is 7.68. The summed E-state index contributed by atoms with van der Waals surface area (Å²) in [7, 11) is 0. The Kier molecular flexibility index (Phi) is 7.87. The number of aryl methyl sites for hydroxylation is 2. The maximum atomic E-state index is 11.8. The van der Waals surface area contributed by atoms with Crippen molar-refractivity contribution in [2.75, 3.05) is 25.0 Å². The minimum Gasteiger partial charge on any atom is -0.375 e. The van der Waals surface area contributed by atoms with Crippen molar-refractivity contribution in [2.45, 2.75) is 23.6 Å². The smallest absolute Gasteiger partial charge is 0.239 e. The van der Waals surface area contributed by atoms with E-state index in [2.05, 4.69) is 48.7 Å². The highest BCUT2D eigenvalue weighted by atomic mass is 127. The normalized spacial score (nSPS) is 10.5. The van der Waals surface area contributed by atoms with E-state index in [1.807, 2.05) is 41.2 Å². The lowest BCUT2D eigenvalue weighted by molar-refractivity contribution is -0.119. The zero-order valence-electron chi connectivity index (χ0n) is 13.8. The first-order chi connectivity index (χ1) is 11.6. The van der Waals surface area contributed by atoms with Gasteiger partial charge in [-0.3, -0.25) is 4.79 Å². The molecule has 0 atom stereocenters. The summed E-state index contributed by atoms with van der Waals surface area (Å²) in [6.45, 7) is 5.48. The van der Waals surface area contributed by atoms with Gasteiger partial charge in [0, 0.05) is 22.0 Å². The Balaban J connectivity index is 2.00. The molecule has 0 aliphatic rings. The van der Waals surface area contributed by atoms with Crippen molar-refractivity contribution in [3.05, 3.63) is 53.6 Å². The van der Waals surface area contributed by atoms with Gasteiger partial charge in [-0.05, 0) is 37.6 Å². The summed E-state index contributed by atoms with van der Waals surface area (Å²) < 4.78 is 4.89. The van der Waals surface area contributed by atoms with Crippen molar-refractivity contribution in [1.82, 2.24) is 5.32 Å². The van der Waals surface area contributed by atoms with Crippen LogP contribution in [0, 0.1) is 13.8 Å². The molecule has 128 valence electrons. The predicted molar refractivity (Wildman–Crippen MR) is 108 cm³/mol. The number of hydrogen-bond donors (Lipinski definition) is 2. The van der Waals surface area contributed by atoms with Crippen LogP contribution in [0.5, 0.6) is 0 Å². The van der Waals surface area contributed by atoms with E-state index < -0.39 is 0 Å². The van der Waals surface area contributed by atoms with Crippen molar-refractivity contribution < 1.29 is 7.86 Å². The number of amides is 1. The third-order valence-corrected chi connectivity index (χ3v) is 5.07. The lowest BCUT2D eigenvalue weighted by atomic mass is 10.2. The minimum absolute atomic E-state index is 0.0465. The molecule has 0 bridgehead atoms. The average Bonchev–Trinajstić information content (AvgIpc) is 2.57. The van der Waals surface area contributed by atoms with Crippen LogP contribution in [0.25, 0.3) is 0 Å². The number of para-hydroxylation sites is 1. The fraction of sp³-hybridized carbons (Fsp3) is 0.278. The largest absolute Gasteiger partial charge is 0.375 e. The lowest BCUT2D eigenvalue weighted by Crippen LogP contribution is -2.32. The summed E-state index contributed by atoms with van der Waals surface area (Å²) in [6, 6.07) is 14.5. The Morgan fingerprint density at radius 1 is 1.17 bits per heavy atom. The van der Waals surface area contributed by atoms with Crippen molar-refractivity contribution in [3.8, 4) is 0 Å². The van der Waals surface area contributed by atoms with Gasteiger partial charge in [-0.15, -0.1) is 0 Å². The van der Waals surface area contributed by atoms with Gasteiger partial charge in [0.25, 0.3) is 0 Å². The summed E-state index contributed by atoms with van der Waals surface area (Å²) in [5, 5.41) is 6.02. The molecule has 2 N–H and O–H groups in total. The van der Waals surface area contributed by atoms with Crippen molar-refractivity contribution in [2.24, 2.45) is 0 Å². The third kappa shape index (κ3) is 5.99. The first kappa shape index (κ1) is 19.1. The maximum absolute atomic E-state index is 11.8. The molecule has 0 saturated heterocycles. The Labute approximate surface area is 161 Å². The Bertz CT molecular complexity index is 694. The van der Waals surface area contributed by atoms with Crippen LogP contribution in [0.3, 0.4) is 0 Å². The van der Waals surface area contributed by atoms with E-state index in [1.165, 1.54) is 16.0 Å². The van der Waals surface area contributed by atoms with E-state index in [9.17, 15) is 4.79 Å². The van der Waals surface area contributed by atoms with Gasteiger partial charge in [-0.1, -0.05) is 41.6 Å². The van der Waals surface area contributed by atoms with Gasteiger partial charge < -0.3 is 13.7 Å². The van der Waals surface area contributed by atoms with Crippen LogP contribution in [0.15, 0.2) is 52.3 Å². The molecule has 0 spiro atoms. The summed E-state index contributed by atoms with van der Waals surface area (Å²) in [6.07, 6.45) is 0. The lowest BCUT2D eigenvalue weighted by Gasteiger charge is -2.13. The number of benzene rings is 2. The van der Waals surface area contributed by atoms with E-state index in [0.29, 0.717) is 13.2 Å². The van der Waals surface area contributed by atoms with Crippen LogP contribution in [-0.4, -0.2) is 25.6 Å². The molecule has 2 aromatic carbocycles. The molecule has 0 heterocycles. The second kappa shape index (κ2) is 9.90. The van der Waals surface area contributed by atoms with Gasteiger partial charge in [0.1, 0.15) is 23.0 Å². The van der Waals surface area contributed by atoms with Gasteiger partial charge in [0.05, 0.1) is 13.2 Å². The topological polar surface area (TPSA) is 50.4 Å². The van der Waals surface area contributed by atoms with E-state index in [1.54, 1.807) is 11.8 Å². The standard InChI is InChI=1S/C18H21IN2O2S/c1-13-7-8-16(14(2)11-13)24-17-6-4-3-5-15(17)21-12-18(22)20-9-10-23-19/h3-8,11,21H,9-10,12H2,1-2H3,(H,20,22). The van der Waals surface area contributed by atoms with Crippen molar-refractivity contribution in [1.29, 1.82) is 0 Å². The summed E-state index contributed by atoms with van der Waals surface area (Å²) in [5.74, 6) is -0.0465. The summed E-state index contributed by atoms with van der Waals surface area (Å²) in [4.78, 5) is 14.1. The van der Waals surface area contributed by atoms with E-state index in [0.717, 1.165) is 10.6 Å². The fourth-order valence-corrected chi connectivity index (χ4v) is 3.41. The van der Waals surface area contributed by atoms with Crippen LogP contribution in [0.2, 0.25) is 0 Å². The maximum Gasteiger partial charge on any atom is 0.239 e. The predicted octanol–water partition coefficient (Wildman–Crippen LogP) is 4.35. The van der Waals surface area contributed by atoms with Gasteiger partial charge in [0.15, 0.2) is 0 Å². The summed E-state index contributed by atoms with van der Waals surface area (Å²) in [5.41, 5.74) is 3.48. The Morgan fingerprint density at radius 3 is 2.71 bits per heavy atom. The molecule has 0 radical (unpaired) electrons. The van der Waals surface area contributed by atoms with E-state index in [-0.39, 0.29) is 12.5 Å². The highest BCUT2D eigenvalue weighted by molar-refractivity contribution is 14.1. The monoisotopic (exact) mass is 456 g/mol. The molecule has 0 aromatic heterocycles. The number of carbonyl (C=O) groups is 1. The highest BCUT2D eigenvalue weighted by Gasteiger charge is 2.08. The van der Waals surface area contributed by atoms with Gasteiger partial charge in [-0.2, -0.15) is 0 Å². The third-order valence-electron chi connectivity index (χ3n) is 3.38. The van der Waals surface area contributed by atoms with Gasteiger partial charge in [-0.25, -0.2) is 0 Å². The number of halogens is 1. The number of nitrogens with one attached hydrogen (secondary N) is 2. The number of anilines is 1. The molecular weight excluding hydrogens is 435 g/mol. The van der Waals surface area contributed by atoms with Crippen LogP contribution in [-0.2, 0) is 7.86 Å². The molecular formula is C18H21IN2O2S. The van der Waals surface area contributed by atoms with Crippen LogP contribution in [0.1, 0.15) is 11.1 Å². The quantitative estimate of drug-likeness (QED) is 0.458. The van der Waals surface area contributed by atoms with Crippen LogP contribution in [0.4, 0.5) is 5.69 Å². The minimum atomic E-state index is -0.0465. The number of hydrogen-bond acceptors (Lipinski definition) is 4. The van der Waals surface area contributed by atoms with E-state index in [4.69, 9.17) is 3.07 Å². The zero-order valence-corrected chi connectivity index (χ0v) is 16.7. The van der Waals surface area contributed by atoms with Crippen molar-refractivity contribution in [3.63, 3.8) is 0 Å². The number of carbonyl (C=O) groups excluding carboxylic acids is 1. The second-order valence-electron chi connectivity index (χ2n) is 5.38.